The Kier molecular flexibility index (Phi) is 3.23. The normalized spacial score (nSPS) is 21.2. The number of hydrogen-bond acceptors (Lipinski definition) is 3. The highest BCUT2D eigenvalue weighted by Gasteiger charge is 2.70. The van der Waals surface area contributed by atoms with E-state index >= 15 is 0 Å². The molecule has 2 heterocycles. The average Bonchev–Trinajstić information content (AvgIpc) is 3.10. The van der Waals surface area contributed by atoms with E-state index in [1.54, 1.807) is 29.2 Å². The van der Waals surface area contributed by atoms with Gasteiger partial charge in [0.25, 0.3) is 11.5 Å². The van der Waals surface area contributed by atoms with Crippen molar-refractivity contribution in [1.82, 2.24) is 14.5 Å². The Balaban J connectivity index is 1.47. The molecule has 2 aromatic rings. The van der Waals surface area contributed by atoms with E-state index in [1.165, 1.54) is 10.9 Å². The number of rotatable bonds is 2. The van der Waals surface area contributed by atoms with Gasteiger partial charge in [-0.25, -0.2) is 13.8 Å². The molecule has 0 atom stereocenters. The largest absolute Gasteiger partial charge is 0.341 e. The second-order valence-corrected chi connectivity index (χ2v) is 6.74. The van der Waals surface area contributed by atoms with Crippen LogP contribution in [0.5, 0.6) is 0 Å². The summed E-state index contributed by atoms with van der Waals surface area (Å²) >= 11 is 0. The molecule has 0 radical (unpaired) electrons. The molecule has 1 amide bonds. The van der Waals surface area contributed by atoms with Crippen LogP contribution in [-0.4, -0.2) is 39.4 Å². The summed E-state index contributed by atoms with van der Waals surface area (Å²) in [6, 6.07) is 6.95. The maximum absolute atomic E-state index is 13.4. The molecule has 2 fully saturated rings. The molecule has 4 rings (SSSR count). The first-order valence-corrected chi connectivity index (χ1v) is 8.02. The topological polar surface area (TPSA) is 55.2 Å². The van der Waals surface area contributed by atoms with Crippen LogP contribution in [0.3, 0.4) is 0 Å². The van der Waals surface area contributed by atoms with E-state index in [9.17, 15) is 18.4 Å². The molecule has 2 aliphatic rings. The van der Waals surface area contributed by atoms with E-state index in [0.717, 1.165) is 0 Å². The van der Waals surface area contributed by atoms with Crippen LogP contribution in [0, 0.1) is 5.41 Å². The minimum Gasteiger partial charge on any atom is -0.341 e. The quantitative estimate of drug-likeness (QED) is 0.845. The number of para-hydroxylation sites is 1. The molecule has 1 saturated heterocycles. The number of halogens is 2. The number of alkyl halides is 2. The second-order valence-electron chi connectivity index (χ2n) is 6.74. The highest BCUT2D eigenvalue weighted by Crippen LogP contribution is 2.65. The number of nitrogens with zero attached hydrogens (tertiary/aromatic N) is 3. The first-order chi connectivity index (χ1) is 11.4. The summed E-state index contributed by atoms with van der Waals surface area (Å²) < 4.78 is 28.1. The van der Waals surface area contributed by atoms with E-state index in [4.69, 9.17) is 0 Å². The summed E-state index contributed by atoms with van der Waals surface area (Å²) in [5, 5.41) is 0.461. The third kappa shape index (κ3) is 2.30. The summed E-state index contributed by atoms with van der Waals surface area (Å²) in [6.07, 6.45) is 1.96. The molecule has 1 aliphatic heterocycles. The van der Waals surface area contributed by atoms with Crippen molar-refractivity contribution in [3.8, 4) is 0 Å². The standard InChI is InChI=1S/C17H17F2N3O2/c18-17(19)10-16(17)5-7-21(8-6-16)14(23)9-22-11-20-13-4-2-1-3-12(13)15(22)24/h1-4,11H,5-10H2. The highest BCUT2D eigenvalue weighted by molar-refractivity contribution is 5.79. The fourth-order valence-electron chi connectivity index (χ4n) is 3.57. The predicted molar refractivity (Wildman–Crippen MR) is 83.8 cm³/mol. The fraction of sp³-hybridized carbons (Fsp3) is 0.471. The predicted octanol–water partition coefficient (Wildman–Crippen LogP) is 2.04. The Labute approximate surface area is 136 Å². The van der Waals surface area contributed by atoms with Crippen LogP contribution in [0.2, 0.25) is 0 Å². The lowest BCUT2D eigenvalue weighted by atomic mass is 9.93. The number of carbonyl (C=O) groups is 1. The average molecular weight is 333 g/mol. The zero-order chi connectivity index (χ0) is 16.9. The Morgan fingerprint density at radius 2 is 1.88 bits per heavy atom. The second kappa shape index (κ2) is 5.09. The molecular formula is C17H17F2N3O2. The van der Waals surface area contributed by atoms with Gasteiger partial charge in [0, 0.05) is 24.9 Å². The molecule has 1 aromatic carbocycles. The summed E-state index contributed by atoms with van der Waals surface area (Å²) in [5.41, 5.74) is -0.566. The first-order valence-electron chi connectivity index (χ1n) is 8.02. The molecule has 5 nitrogen and oxygen atoms in total. The van der Waals surface area contributed by atoms with Gasteiger partial charge in [-0.2, -0.15) is 0 Å². The summed E-state index contributed by atoms with van der Waals surface area (Å²) in [7, 11) is 0. The molecule has 1 saturated carbocycles. The van der Waals surface area contributed by atoms with Crippen molar-refractivity contribution < 1.29 is 13.6 Å². The van der Waals surface area contributed by atoms with Gasteiger partial charge in [0.1, 0.15) is 6.54 Å². The van der Waals surface area contributed by atoms with Crippen molar-refractivity contribution in [1.29, 1.82) is 0 Å². The highest BCUT2D eigenvalue weighted by atomic mass is 19.3. The Hall–Kier alpha value is -2.31. The number of likely N-dealkylation sites (tertiary alicyclic amines) is 1. The summed E-state index contributed by atoms with van der Waals surface area (Å²) in [4.78, 5) is 30.6. The van der Waals surface area contributed by atoms with Crippen LogP contribution >= 0.6 is 0 Å². The van der Waals surface area contributed by atoms with Gasteiger partial charge in [0.15, 0.2) is 0 Å². The zero-order valence-electron chi connectivity index (χ0n) is 13.0. The Morgan fingerprint density at radius 1 is 1.21 bits per heavy atom. The maximum Gasteiger partial charge on any atom is 0.261 e. The van der Waals surface area contributed by atoms with Crippen molar-refractivity contribution in [3.63, 3.8) is 0 Å². The molecule has 0 N–H and O–H groups in total. The van der Waals surface area contributed by atoms with Gasteiger partial charge in [-0.15, -0.1) is 0 Å². The van der Waals surface area contributed by atoms with E-state index in [1.807, 2.05) is 0 Å². The molecule has 126 valence electrons. The van der Waals surface area contributed by atoms with E-state index in [0.29, 0.717) is 36.8 Å². The molecule has 1 aromatic heterocycles. The van der Waals surface area contributed by atoms with Gasteiger partial charge in [0.2, 0.25) is 5.91 Å². The maximum atomic E-state index is 13.4. The van der Waals surface area contributed by atoms with Crippen LogP contribution in [0.4, 0.5) is 8.78 Å². The van der Waals surface area contributed by atoms with Crippen LogP contribution in [0.25, 0.3) is 10.9 Å². The van der Waals surface area contributed by atoms with E-state index in [2.05, 4.69) is 4.98 Å². The number of carbonyl (C=O) groups excluding carboxylic acids is 1. The number of aromatic nitrogens is 2. The van der Waals surface area contributed by atoms with Crippen molar-refractivity contribution in [2.45, 2.75) is 31.7 Å². The molecule has 0 unspecified atom stereocenters. The van der Waals surface area contributed by atoms with Gasteiger partial charge in [-0.3, -0.25) is 14.2 Å². The monoisotopic (exact) mass is 333 g/mol. The summed E-state index contributed by atoms with van der Waals surface area (Å²) in [5.74, 6) is -2.80. The van der Waals surface area contributed by atoms with Gasteiger partial charge in [-0.1, -0.05) is 12.1 Å². The lowest BCUT2D eigenvalue weighted by molar-refractivity contribution is -0.134. The van der Waals surface area contributed by atoms with Gasteiger partial charge in [0.05, 0.1) is 17.2 Å². The van der Waals surface area contributed by atoms with Crippen LogP contribution in [-0.2, 0) is 11.3 Å². The van der Waals surface area contributed by atoms with Crippen molar-refractivity contribution in [2.75, 3.05) is 13.1 Å². The van der Waals surface area contributed by atoms with Gasteiger partial charge >= 0.3 is 0 Å². The molecular weight excluding hydrogens is 316 g/mol. The minimum atomic E-state index is -2.57. The summed E-state index contributed by atoms with van der Waals surface area (Å²) in [6.45, 7) is 0.536. The van der Waals surface area contributed by atoms with Crippen molar-refractivity contribution in [3.05, 3.63) is 40.9 Å². The van der Waals surface area contributed by atoms with E-state index < -0.39 is 11.3 Å². The molecule has 1 aliphatic carbocycles. The SMILES string of the molecule is O=C(Cn1cnc2ccccc2c1=O)N1CCC2(CC1)CC2(F)F. The number of benzene rings is 1. The zero-order valence-corrected chi connectivity index (χ0v) is 13.0. The molecule has 7 heteroatoms. The van der Waals surface area contributed by atoms with E-state index in [-0.39, 0.29) is 24.4 Å². The number of amides is 1. The number of fused-ring (bicyclic) bond motifs is 1. The number of hydrogen-bond donors (Lipinski definition) is 0. The van der Waals surface area contributed by atoms with Crippen LogP contribution < -0.4 is 5.56 Å². The van der Waals surface area contributed by atoms with Crippen molar-refractivity contribution in [2.24, 2.45) is 5.41 Å². The fourth-order valence-corrected chi connectivity index (χ4v) is 3.57. The smallest absolute Gasteiger partial charge is 0.261 e. The lowest BCUT2D eigenvalue weighted by Crippen LogP contribution is -2.43. The molecule has 24 heavy (non-hydrogen) atoms. The lowest BCUT2D eigenvalue weighted by Gasteiger charge is -2.32. The Bertz CT molecular complexity index is 870. The van der Waals surface area contributed by atoms with Crippen LogP contribution in [0.1, 0.15) is 19.3 Å². The number of piperidine rings is 1. The third-order valence-electron chi connectivity index (χ3n) is 5.32. The van der Waals surface area contributed by atoms with Gasteiger partial charge in [-0.05, 0) is 25.0 Å². The first kappa shape index (κ1) is 15.2. The van der Waals surface area contributed by atoms with Crippen LogP contribution in [0.15, 0.2) is 35.4 Å². The molecule has 0 bridgehead atoms. The Morgan fingerprint density at radius 3 is 2.54 bits per heavy atom. The molecule has 1 spiro atoms. The van der Waals surface area contributed by atoms with Crippen molar-refractivity contribution >= 4 is 16.8 Å². The minimum absolute atomic E-state index is 0.0594. The third-order valence-corrected chi connectivity index (χ3v) is 5.32. The van der Waals surface area contributed by atoms with Gasteiger partial charge < -0.3 is 4.90 Å².